The molecule has 0 spiro atoms. The fourth-order valence-corrected chi connectivity index (χ4v) is 3.62. The van der Waals surface area contributed by atoms with Crippen molar-refractivity contribution >= 4 is 22.7 Å². The van der Waals surface area contributed by atoms with Gasteiger partial charge in [-0.05, 0) is 32.9 Å². The van der Waals surface area contributed by atoms with E-state index in [2.05, 4.69) is 54.2 Å². The van der Waals surface area contributed by atoms with E-state index in [9.17, 15) is 0 Å². The van der Waals surface area contributed by atoms with E-state index in [1.807, 2.05) is 11.6 Å². The van der Waals surface area contributed by atoms with E-state index in [0.717, 1.165) is 41.8 Å². The highest BCUT2D eigenvalue weighted by molar-refractivity contribution is 7.09. The third kappa shape index (κ3) is 3.82. The summed E-state index contributed by atoms with van der Waals surface area (Å²) in [6.45, 7) is 8.88. The molecule has 0 aliphatic carbocycles. The number of nitrogens with zero attached hydrogens (tertiary/aromatic N) is 2. The average molecular weight is 347 g/mol. The molecule has 1 atom stereocenters. The highest BCUT2D eigenvalue weighted by Gasteiger charge is 2.27. The van der Waals surface area contributed by atoms with Crippen molar-refractivity contribution in [1.29, 1.82) is 0 Å². The molecule has 1 aliphatic heterocycles. The maximum Gasteiger partial charge on any atom is 0.144 e. The molecule has 5 nitrogen and oxygen atoms in total. The zero-order valence-corrected chi connectivity index (χ0v) is 15.5. The largest absolute Gasteiger partial charge is 0.495 e. The SMILES string of the molecule is COc1cc(N2CCOC(C)(C)C2)ccc1NC(C)c1nccs1. The van der Waals surface area contributed by atoms with Crippen LogP contribution >= 0.6 is 11.3 Å². The van der Waals surface area contributed by atoms with Gasteiger partial charge < -0.3 is 19.7 Å². The molecule has 1 fully saturated rings. The lowest BCUT2D eigenvalue weighted by atomic mass is 10.1. The van der Waals surface area contributed by atoms with Crippen LogP contribution in [0.25, 0.3) is 0 Å². The van der Waals surface area contributed by atoms with Crippen LogP contribution in [0.2, 0.25) is 0 Å². The van der Waals surface area contributed by atoms with E-state index in [4.69, 9.17) is 9.47 Å². The Balaban J connectivity index is 1.78. The van der Waals surface area contributed by atoms with Crippen LogP contribution in [-0.4, -0.2) is 37.4 Å². The average Bonchev–Trinajstić information content (AvgIpc) is 3.09. The van der Waals surface area contributed by atoms with Gasteiger partial charge in [0.15, 0.2) is 0 Å². The number of hydrogen-bond donors (Lipinski definition) is 1. The van der Waals surface area contributed by atoms with Crippen molar-refractivity contribution in [2.75, 3.05) is 37.0 Å². The first-order valence-electron chi connectivity index (χ1n) is 8.21. The Bertz CT molecular complexity index is 673. The molecular formula is C18H25N3O2S. The normalized spacial score (nSPS) is 18.2. The molecule has 1 unspecified atom stereocenters. The minimum absolute atomic E-state index is 0.123. The Morgan fingerprint density at radius 3 is 2.92 bits per heavy atom. The van der Waals surface area contributed by atoms with E-state index < -0.39 is 0 Å². The third-order valence-corrected chi connectivity index (χ3v) is 5.13. The number of anilines is 2. The standard InChI is InChI=1S/C18H25N3O2S/c1-13(17-19-7-10-24-17)20-15-6-5-14(11-16(15)22-4)21-8-9-23-18(2,3)12-21/h5-7,10-11,13,20H,8-9,12H2,1-4H3. The van der Waals surface area contributed by atoms with Crippen LogP contribution in [0.1, 0.15) is 31.8 Å². The predicted molar refractivity (Wildman–Crippen MR) is 99.4 cm³/mol. The minimum Gasteiger partial charge on any atom is -0.495 e. The molecule has 1 saturated heterocycles. The van der Waals surface area contributed by atoms with Gasteiger partial charge in [0.25, 0.3) is 0 Å². The number of aromatic nitrogens is 1. The van der Waals surface area contributed by atoms with Crippen LogP contribution in [0.4, 0.5) is 11.4 Å². The zero-order chi connectivity index (χ0) is 17.2. The van der Waals surface area contributed by atoms with Crippen LogP contribution in [-0.2, 0) is 4.74 Å². The summed E-state index contributed by atoms with van der Waals surface area (Å²) in [5.41, 5.74) is 2.02. The summed E-state index contributed by atoms with van der Waals surface area (Å²) in [6, 6.07) is 6.46. The molecule has 130 valence electrons. The number of ether oxygens (including phenoxy) is 2. The summed E-state index contributed by atoms with van der Waals surface area (Å²) in [6.07, 6.45) is 1.83. The molecule has 6 heteroatoms. The van der Waals surface area contributed by atoms with Crippen molar-refractivity contribution < 1.29 is 9.47 Å². The lowest BCUT2D eigenvalue weighted by Crippen LogP contribution is -2.48. The Kier molecular flexibility index (Phi) is 4.96. The van der Waals surface area contributed by atoms with E-state index >= 15 is 0 Å². The Morgan fingerprint density at radius 1 is 1.42 bits per heavy atom. The van der Waals surface area contributed by atoms with Crippen molar-refractivity contribution in [2.24, 2.45) is 0 Å². The van der Waals surface area contributed by atoms with E-state index in [0.29, 0.717) is 0 Å². The van der Waals surface area contributed by atoms with Crippen molar-refractivity contribution in [2.45, 2.75) is 32.4 Å². The topological polar surface area (TPSA) is 46.6 Å². The van der Waals surface area contributed by atoms with Crippen molar-refractivity contribution in [3.8, 4) is 5.75 Å². The number of benzene rings is 1. The second kappa shape index (κ2) is 6.99. The molecule has 2 aromatic rings. The fraction of sp³-hybridized carbons (Fsp3) is 0.500. The van der Waals surface area contributed by atoms with Gasteiger partial charge in [-0.1, -0.05) is 0 Å². The molecule has 1 N–H and O–H groups in total. The maximum atomic E-state index is 5.80. The van der Waals surface area contributed by atoms with Crippen LogP contribution < -0.4 is 15.0 Å². The molecule has 2 heterocycles. The summed E-state index contributed by atoms with van der Waals surface area (Å²) < 4.78 is 11.4. The van der Waals surface area contributed by atoms with Gasteiger partial charge in [-0.2, -0.15) is 0 Å². The first-order valence-corrected chi connectivity index (χ1v) is 9.09. The fourth-order valence-electron chi connectivity index (χ4n) is 2.98. The smallest absolute Gasteiger partial charge is 0.144 e. The van der Waals surface area contributed by atoms with Gasteiger partial charge in [0, 0.05) is 36.4 Å². The molecule has 1 aromatic heterocycles. The number of rotatable bonds is 5. The van der Waals surface area contributed by atoms with Crippen molar-refractivity contribution in [3.63, 3.8) is 0 Å². The maximum absolute atomic E-state index is 5.80. The van der Waals surface area contributed by atoms with Crippen LogP contribution in [0.5, 0.6) is 5.75 Å². The molecule has 0 saturated carbocycles. The monoisotopic (exact) mass is 347 g/mol. The molecular weight excluding hydrogens is 322 g/mol. The number of methoxy groups -OCH3 is 1. The van der Waals surface area contributed by atoms with E-state index in [-0.39, 0.29) is 11.6 Å². The molecule has 0 bridgehead atoms. The summed E-state index contributed by atoms with van der Waals surface area (Å²) in [5, 5.41) is 6.55. The minimum atomic E-state index is -0.123. The molecule has 1 aliphatic rings. The second-order valence-electron chi connectivity index (χ2n) is 6.65. The molecule has 24 heavy (non-hydrogen) atoms. The molecule has 0 radical (unpaired) electrons. The van der Waals surface area contributed by atoms with Gasteiger partial charge in [0.2, 0.25) is 0 Å². The second-order valence-corrected chi connectivity index (χ2v) is 7.58. The summed E-state index contributed by atoms with van der Waals surface area (Å²) >= 11 is 1.65. The lowest BCUT2D eigenvalue weighted by molar-refractivity contribution is -0.0277. The van der Waals surface area contributed by atoms with Gasteiger partial charge in [-0.25, -0.2) is 4.98 Å². The van der Waals surface area contributed by atoms with Gasteiger partial charge in [-0.3, -0.25) is 0 Å². The van der Waals surface area contributed by atoms with Crippen LogP contribution in [0.3, 0.4) is 0 Å². The number of thiazole rings is 1. The zero-order valence-electron chi connectivity index (χ0n) is 14.7. The Morgan fingerprint density at radius 2 is 2.25 bits per heavy atom. The van der Waals surface area contributed by atoms with Crippen LogP contribution in [0, 0.1) is 0 Å². The Labute approximate surface area is 147 Å². The first-order chi connectivity index (χ1) is 11.5. The quantitative estimate of drug-likeness (QED) is 0.888. The van der Waals surface area contributed by atoms with E-state index in [1.54, 1.807) is 18.4 Å². The molecule has 3 rings (SSSR count). The van der Waals surface area contributed by atoms with Gasteiger partial charge in [-0.15, -0.1) is 11.3 Å². The number of morpholine rings is 1. The molecule has 0 amide bonds. The van der Waals surface area contributed by atoms with Crippen molar-refractivity contribution in [1.82, 2.24) is 4.98 Å². The predicted octanol–water partition coefficient (Wildman–Crippen LogP) is 3.94. The lowest BCUT2D eigenvalue weighted by Gasteiger charge is -2.39. The summed E-state index contributed by atoms with van der Waals surface area (Å²) in [4.78, 5) is 6.72. The van der Waals surface area contributed by atoms with Gasteiger partial charge in [0.05, 0.1) is 31.0 Å². The summed E-state index contributed by atoms with van der Waals surface area (Å²) in [7, 11) is 1.71. The number of hydrogen-bond acceptors (Lipinski definition) is 6. The van der Waals surface area contributed by atoms with Crippen molar-refractivity contribution in [3.05, 3.63) is 34.8 Å². The highest BCUT2D eigenvalue weighted by atomic mass is 32.1. The third-order valence-electron chi connectivity index (χ3n) is 4.17. The van der Waals surface area contributed by atoms with E-state index in [1.165, 1.54) is 0 Å². The van der Waals surface area contributed by atoms with Crippen LogP contribution in [0.15, 0.2) is 29.8 Å². The number of nitrogens with one attached hydrogen (secondary N) is 1. The first kappa shape index (κ1) is 17.0. The summed E-state index contributed by atoms with van der Waals surface area (Å²) in [5.74, 6) is 0.847. The van der Waals surface area contributed by atoms with Gasteiger partial charge >= 0.3 is 0 Å². The Hall–Kier alpha value is -1.79. The molecule has 1 aromatic carbocycles. The van der Waals surface area contributed by atoms with Gasteiger partial charge in [0.1, 0.15) is 10.8 Å². The highest BCUT2D eigenvalue weighted by Crippen LogP contribution is 2.34.